The molecule has 1 unspecified atom stereocenters. The highest BCUT2D eigenvalue weighted by Gasteiger charge is 2.11. The number of hydrogen-bond acceptors (Lipinski definition) is 3. The maximum atomic E-state index is 11.2. The summed E-state index contributed by atoms with van der Waals surface area (Å²) in [7, 11) is 0. The normalized spacial score (nSPS) is 11.6. The molecule has 0 saturated carbocycles. The molecule has 0 heterocycles. The minimum Gasteiger partial charge on any atom is -0.487 e. The molecule has 1 atom stereocenters. The number of hydrogen-bond donors (Lipinski definition) is 0. The standard InChI is InChI=1S/C14H18O3/c1-4-12(10-16-14(15)11(2)3)17-13-8-6-5-7-9-13/h5-9,12H,2,4,10H2,1,3H3. The Morgan fingerprint density at radius 3 is 2.53 bits per heavy atom. The molecule has 1 aromatic rings. The second kappa shape index (κ2) is 6.74. The van der Waals surface area contributed by atoms with Crippen LogP contribution >= 0.6 is 0 Å². The lowest BCUT2D eigenvalue weighted by atomic mass is 10.3. The first-order chi connectivity index (χ1) is 8.13. The van der Waals surface area contributed by atoms with E-state index in [0.717, 1.165) is 12.2 Å². The van der Waals surface area contributed by atoms with Crippen molar-refractivity contribution in [3.63, 3.8) is 0 Å². The van der Waals surface area contributed by atoms with Gasteiger partial charge in [-0.1, -0.05) is 31.7 Å². The maximum absolute atomic E-state index is 11.2. The van der Waals surface area contributed by atoms with Gasteiger partial charge in [0.25, 0.3) is 0 Å². The van der Waals surface area contributed by atoms with Crippen LogP contribution in [0.5, 0.6) is 5.75 Å². The number of rotatable bonds is 6. The Balaban J connectivity index is 2.44. The third-order valence-electron chi connectivity index (χ3n) is 2.25. The minimum absolute atomic E-state index is 0.124. The summed E-state index contributed by atoms with van der Waals surface area (Å²) in [6, 6.07) is 9.49. The van der Waals surface area contributed by atoms with Gasteiger partial charge in [-0.25, -0.2) is 4.79 Å². The van der Waals surface area contributed by atoms with E-state index in [0.29, 0.717) is 5.57 Å². The molecule has 0 bridgehead atoms. The Bertz CT molecular complexity index is 370. The molecule has 0 aliphatic rings. The largest absolute Gasteiger partial charge is 0.487 e. The van der Waals surface area contributed by atoms with Gasteiger partial charge in [-0.3, -0.25) is 0 Å². The Kier molecular flexibility index (Phi) is 5.27. The third kappa shape index (κ3) is 4.72. The number of benzene rings is 1. The van der Waals surface area contributed by atoms with Gasteiger partial charge in [0.05, 0.1) is 0 Å². The Morgan fingerprint density at radius 2 is 2.00 bits per heavy atom. The zero-order valence-electron chi connectivity index (χ0n) is 10.3. The molecular formula is C14H18O3. The van der Waals surface area contributed by atoms with Gasteiger partial charge in [-0.05, 0) is 25.5 Å². The van der Waals surface area contributed by atoms with Crippen molar-refractivity contribution in [2.24, 2.45) is 0 Å². The quantitative estimate of drug-likeness (QED) is 0.560. The van der Waals surface area contributed by atoms with Crippen molar-refractivity contribution in [2.45, 2.75) is 26.4 Å². The van der Waals surface area contributed by atoms with Crippen LogP contribution in [-0.4, -0.2) is 18.7 Å². The molecule has 0 aliphatic carbocycles. The molecule has 1 rings (SSSR count). The van der Waals surface area contributed by atoms with E-state index in [9.17, 15) is 4.79 Å². The van der Waals surface area contributed by atoms with Crippen molar-refractivity contribution >= 4 is 5.97 Å². The molecule has 3 nitrogen and oxygen atoms in total. The molecule has 0 fully saturated rings. The molecule has 0 aromatic heterocycles. The molecule has 17 heavy (non-hydrogen) atoms. The third-order valence-corrected chi connectivity index (χ3v) is 2.25. The highest BCUT2D eigenvalue weighted by Crippen LogP contribution is 2.12. The van der Waals surface area contributed by atoms with E-state index >= 15 is 0 Å². The molecule has 0 aliphatic heterocycles. The average molecular weight is 234 g/mol. The van der Waals surface area contributed by atoms with E-state index in [-0.39, 0.29) is 18.7 Å². The molecule has 0 radical (unpaired) electrons. The van der Waals surface area contributed by atoms with Gasteiger partial charge >= 0.3 is 5.97 Å². The minimum atomic E-state index is -0.375. The molecule has 0 N–H and O–H groups in total. The zero-order valence-corrected chi connectivity index (χ0v) is 10.3. The van der Waals surface area contributed by atoms with Crippen molar-refractivity contribution in [3.05, 3.63) is 42.5 Å². The van der Waals surface area contributed by atoms with Crippen molar-refractivity contribution in [1.29, 1.82) is 0 Å². The lowest BCUT2D eigenvalue weighted by Crippen LogP contribution is -2.24. The first-order valence-corrected chi connectivity index (χ1v) is 5.67. The summed E-state index contributed by atoms with van der Waals surface area (Å²) in [4.78, 5) is 11.2. The highest BCUT2D eigenvalue weighted by molar-refractivity contribution is 5.86. The Hall–Kier alpha value is -1.77. The van der Waals surface area contributed by atoms with Crippen LogP contribution < -0.4 is 4.74 Å². The van der Waals surface area contributed by atoms with E-state index in [2.05, 4.69) is 6.58 Å². The molecule has 3 heteroatoms. The van der Waals surface area contributed by atoms with Crippen molar-refractivity contribution < 1.29 is 14.3 Å². The summed E-state index contributed by atoms with van der Waals surface area (Å²) in [5.41, 5.74) is 0.402. The SMILES string of the molecule is C=C(C)C(=O)OCC(CC)Oc1ccccc1. The summed E-state index contributed by atoms with van der Waals surface area (Å²) in [5, 5.41) is 0. The zero-order chi connectivity index (χ0) is 12.7. The predicted octanol–water partition coefficient (Wildman–Crippen LogP) is 2.96. The van der Waals surface area contributed by atoms with Gasteiger partial charge in [0.15, 0.2) is 0 Å². The molecule has 1 aromatic carbocycles. The van der Waals surface area contributed by atoms with Crippen LogP contribution in [-0.2, 0) is 9.53 Å². The maximum Gasteiger partial charge on any atom is 0.333 e. The molecule has 0 amide bonds. The number of carbonyl (C=O) groups excluding carboxylic acids is 1. The topological polar surface area (TPSA) is 35.5 Å². The van der Waals surface area contributed by atoms with E-state index in [1.165, 1.54) is 0 Å². The van der Waals surface area contributed by atoms with Crippen molar-refractivity contribution in [3.8, 4) is 5.75 Å². The molecule has 0 spiro atoms. The van der Waals surface area contributed by atoms with E-state index in [1.54, 1.807) is 6.92 Å². The van der Waals surface area contributed by atoms with Crippen LogP contribution in [0, 0.1) is 0 Å². The second-order valence-corrected chi connectivity index (χ2v) is 3.84. The predicted molar refractivity (Wildman–Crippen MR) is 66.9 cm³/mol. The average Bonchev–Trinajstić information content (AvgIpc) is 2.35. The van der Waals surface area contributed by atoms with E-state index in [4.69, 9.17) is 9.47 Å². The fourth-order valence-electron chi connectivity index (χ4n) is 1.22. The van der Waals surface area contributed by atoms with Crippen LogP contribution in [0.1, 0.15) is 20.3 Å². The first kappa shape index (κ1) is 13.3. The van der Waals surface area contributed by atoms with Crippen LogP contribution in [0.3, 0.4) is 0 Å². The van der Waals surface area contributed by atoms with Gasteiger partial charge in [-0.2, -0.15) is 0 Å². The summed E-state index contributed by atoms with van der Waals surface area (Å²) < 4.78 is 10.8. The first-order valence-electron chi connectivity index (χ1n) is 5.67. The van der Waals surface area contributed by atoms with Crippen LogP contribution in [0.15, 0.2) is 42.5 Å². The van der Waals surface area contributed by atoms with Gasteiger partial charge in [0.1, 0.15) is 18.5 Å². The summed E-state index contributed by atoms with van der Waals surface area (Å²) in [6.45, 7) is 7.39. The monoisotopic (exact) mass is 234 g/mol. The number of ether oxygens (including phenoxy) is 2. The van der Waals surface area contributed by atoms with Crippen molar-refractivity contribution in [1.82, 2.24) is 0 Å². The van der Waals surface area contributed by atoms with E-state index in [1.807, 2.05) is 37.3 Å². The Morgan fingerprint density at radius 1 is 1.35 bits per heavy atom. The van der Waals surface area contributed by atoms with Crippen LogP contribution in [0.4, 0.5) is 0 Å². The van der Waals surface area contributed by atoms with Crippen LogP contribution in [0.25, 0.3) is 0 Å². The van der Waals surface area contributed by atoms with Crippen molar-refractivity contribution in [2.75, 3.05) is 6.61 Å². The van der Waals surface area contributed by atoms with Gasteiger partial charge in [0, 0.05) is 5.57 Å². The second-order valence-electron chi connectivity index (χ2n) is 3.84. The van der Waals surface area contributed by atoms with Crippen LogP contribution in [0.2, 0.25) is 0 Å². The highest BCUT2D eigenvalue weighted by atomic mass is 16.6. The summed E-state index contributed by atoms with van der Waals surface area (Å²) >= 11 is 0. The lowest BCUT2D eigenvalue weighted by molar-refractivity contribution is -0.141. The fourth-order valence-corrected chi connectivity index (χ4v) is 1.22. The lowest BCUT2D eigenvalue weighted by Gasteiger charge is -2.17. The van der Waals surface area contributed by atoms with Gasteiger partial charge in [-0.15, -0.1) is 0 Å². The number of carbonyl (C=O) groups is 1. The summed E-state index contributed by atoms with van der Waals surface area (Å²) in [6.07, 6.45) is 0.652. The smallest absolute Gasteiger partial charge is 0.333 e. The molecule has 0 saturated heterocycles. The number of para-hydroxylation sites is 1. The fraction of sp³-hybridized carbons (Fsp3) is 0.357. The van der Waals surface area contributed by atoms with Gasteiger partial charge < -0.3 is 9.47 Å². The number of esters is 1. The van der Waals surface area contributed by atoms with E-state index < -0.39 is 0 Å². The molecule has 92 valence electrons. The Labute approximate surface area is 102 Å². The summed E-state index contributed by atoms with van der Waals surface area (Å²) in [5.74, 6) is 0.408. The van der Waals surface area contributed by atoms with Gasteiger partial charge in [0.2, 0.25) is 0 Å². The molecular weight excluding hydrogens is 216 g/mol.